The first-order valence-electron chi connectivity index (χ1n) is 10.3. The van der Waals surface area contributed by atoms with Crippen LogP contribution in [0.15, 0.2) is 41.4 Å². The molecule has 0 aromatic heterocycles. The van der Waals surface area contributed by atoms with Crippen molar-refractivity contribution in [3.05, 3.63) is 36.4 Å². The lowest BCUT2D eigenvalue weighted by Crippen LogP contribution is -2.46. The Kier molecular flexibility index (Phi) is 4.89. The van der Waals surface area contributed by atoms with Crippen molar-refractivity contribution >= 4 is 40.3 Å². The number of aliphatic imine (C=N–C) groups is 1. The van der Waals surface area contributed by atoms with Crippen molar-refractivity contribution in [3.63, 3.8) is 0 Å². The quantitative estimate of drug-likeness (QED) is 0.547. The molecule has 2 aliphatic carbocycles. The Labute approximate surface area is 179 Å². The van der Waals surface area contributed by atoms with Gasteiger partial charge in [0.1, 0.15) is 12.3 Å². The summed E-state index contributed by atoms with van der Waals surface area (Å²) in [5.74, 6) is 0.260. The molecule has 1 saturated carbocycles. The van der Waals surface area contributed by atoms with E-state index >= 15 is 0 Å². The number of anilines is 1. The minimum absolute atomic E-state index is 0.125. The van der Waals surface area contributed by atoms with Crippen LogP contribution in [0, 0.1) is 23.7 Å². The number of hydrogen-bond acceptors (Lipinski definition) is 6. The molecule has 4 atom stereocenters. The maximum atomic E-state index is 13.5. The number of nitrogens with zero attached hydrogens (tertiary/aromatic N) is 3. The molecule has 1 saturated heterocycles. The highest BCUT2D eigenvalue weighted by Crippen LogP contribution is 2.52. The highest BCUT2D eigenvalue weighted by Gasteiger charge is 2.59. The fourth-order valence-electron chi connectivity index (χ4n) is 5.07. The summed E-state index contributed by atoms with van der Waals surface area (Å²) in [5.41, 5.74) is 0.569. The van der Waals surface area contributed by atoms with E-state index in [2.05, 4.69) is 17.1 Å². The second-order valence-corrected chi connectivity index (χ2v) is 9.09. The average molecular weight is 426 g/mol. The number of fused-ring (bicyclic) bond motifs is 5. The third-order valence-electron chi connectivity index (χ3n) is 6.40. The van der Waals surface area contributed by atoms with Gasteiger partial charge in [-0.05, 0) is 36.8 Å². The minimum Gasteiger partial charge on any atom is -0.495 e. The third kappa shape index (κ3) is 2.96. The molecule has 7 nitrogen and oxygen atoms in total. The standard InChI is InChI=1S/C22H23N3O4S/c1-29-16-6-3-2-5-15(16)25(22-23-9-4-10-30-22)17(26)12-24-20(27)18-13-7-8-14(11-13)19(18)21(24)28/h2-3,5-8,13-14,18-19H,4,9-12H2,1H3/t13-,14-,18-,19+/m0/s1. The number of amidine groups is 1. The molecule has 8 heteroatoms. The Morgan fingerprint density at radius 3 is 2.53 bits per heavy atom. The number of amides is 3. The number of hydrogen-bond donors (Lipinski definition) is 0. The molecule has 2 aliphatic heterocycles. The van der Waals surface area contributed by atoms with Crippen LogP contribution in [0.1, 0.15) is 12.8 Å². The van der Waals surface area contributed by atoms with Gasteiger partial charge in [-0.25, -0.2) is 0 Å². The van der Waals surface area contributed by atoms with Gasteiger partial charge in [-0.2, -0.15) is 0 Å². The maximum Gasteiger partial charge on any atom is 0.253 e. The number of rotatable bonds is 4. The van der Waals surface area contributed by atoms with E-state index in [1.807, 2.05) is 12.1 Å². The fraction of sp³-hybridized carbons (Fsp3) is 0.455. The first-order chi connectivity index (χ1) is 14.6. The lowest BCUT2D eigenvalue weighted by atomic mass is 9.85. The van der Waals surface area contributed by atoms with E-state index in [9.17, 15) is 14.4 Å². The van der Waals surface area contributed by atoms with Crippen LogP contribution in [0.5, 0.6) is 5.75 Å². The van der Waals surface area contributed by atoms with Gasteiger partial charge in [-0.15, -0.1) is 0 Å². The number of carbonyl (C=O) groups is 3. The van der Waals surface area contributed by atoms with Crippen LogP contribution >= 0.6 is 11.8 Å². The molecule has 0 radical (unpaired) electrons. The fourth-order valence-corrected chi connectivity index (χ4v) is 6.04. The average Bonchev–Trinajstić information content (AvgIpc) is 3.45. The second-order valence-electron chi connectivity index (χ2n) is 8.03. The molecule has 0 spiro atoms. The van der Waals surface area contributed by atoms with E-state index in [-0.39, 0.29) is 47.9 Å². The van der Waals surface area contributed by atoms with Gasteiger partial charge in [0.05, 0.1) is 24.6 Å². The maximum absolute atomic E-state index is 13.5. The summed E-state index contributed by atoms with van der Waals surface area (Å²) in [4.78, 5) is 46.7. The topological polar surface area (TPSA) is 79.3 Å². The van der Waals surface area contributed by atoms with Crippen molar-refractivity contribution in [3.8, 4) is 5.75 Å². The molecule has 5 rings (SSSR count). The highest BCUT2D eigenvalue weighted by atomic mass is 32.2. The zero-order chi connectivity index (χ0) is 20.8. The van der Waals surface area contributed by atoms with Crippen LogP contribution in [-0.4, -0.2) is 53.7 Å². The van der Waals surface area contributed by atoms with Crippen molar-refractivity contribution in [1.82, 2.24) is 4.90 Å². The normalized spacial score (nSPS) is 29.2. The Morgan fingerprint density at radius 1 is 1.20 bits per heavy atom. The van der Waals surface area contributed by atoms with Gasteiger partial charge < -0.3 is 4.74 Å². The van der Waals surface area contributed by atoms with Crippen molar-refractivity contribution in [2.45, 2.75) is 12.8 Å². The monoisotopic (exact) mass is 425 g/mol. The molecule has 3 amide bonds. The van der Waals surface area contributed by atoms with Crippen LogP contribution in [0.3, 0.4) is 0 Å². The SMILES string of the molecule is COc1ccccc1N(C(=O)CN1C(=O)[C@@H]2[C@H](C1=O)[C@H]1C=C[C@H]2C1)C1=NCCCS1. The Balaban J connectivity index is 1.44. The third-order valence-corrected chi connectivity index (χ3v) is 7.47. The number of para-hydroxylation sites is 2. The van der Waals surface area contributed by atoms with Crippen LogP contribution < -0.4 is 9.64 Å². The van der Waals surface area contributed by atoms with Crippen LogP contribution in [0.4, 0.5) is 5.69 Å². The molecule has 2 bridgehead atoms. The molecular formula is C22H23N3O4S. The van der Waals surface area contributed by atoms with Crippen molar-refractivity contribution in [2.24, 2.45) is 28.7 Å². The van der Waals surface area contributed by atoms with Gasteiger partial charge in [0, 0.05) is 12.3 Å². The van der Waals surface area contributed by atoms with Crippen molar-refractivity contribution < 1.29 is 19.1 Å². The van der Waals surface area contributed by atoms with Crippen LogP contribution in [0.2, 0.25) is 0 Å². The van der Waals surface area contributed by atoms with E-state index in [4.69, 9.17) is 4.74 Å². The predicted octanol–water partition coefficient (Wildman–Crippen LogP) is 2.33. The van der Waals surface area contributed by atoms with E-state index in [0.717, 1.165) is 18.6 Å². The zero-order valence-electron chi connectivity index (χ0n) is 16.7. The van der Waals surface area contributed by atoms with Crippen molar-refractivity contribution in [2.75, 3.05) is 30.9 Å². The molecule has 2 fully saturated rings. The molecule has 0 unspecified atom stereocenters. The summed E-state index contributed by atoms with van der Waals surface area (Å²) >= 11 is 1.50. The summed E-state index contributed by atoms with van der Waals surface area (Å²) in [5, 5.41) is 0.580. The number of likely N-dealkylation sites (tertiary alicyclic amines) is 1. The molecule has 2 heterocycles. The minimum atomic E-state index is -0.352. The van der Waals surface area contributed by atoms with Gasteiger partial charge in [0.25, 0.3) is 5.91 Å². The number of ether oxygens (including phenoxy) is 1. The van der Waals surface area contributed by atoms with E-state index in [1.165, 1.54) is 21.6 Å². The van der Waals surface area contributed by atoms with Gasteiger partial charge in [-0.3, -0.25) is 29.2 Å². The Morgan fingerprint density at radius 2 is 1.90 bits per heavy atom. The molecule has 30 heavy (non-hydrogen) atoms. The summed E-state index contributed by atoms with van der Waals surface area (Å²) in [6.45, 7) is 0.365. The lowest BCUT2D eigenvalue weighted by molar-refractivity contribution is -0.143. The molecule has 0 N–H and O–H groups in total. The van der Waals surface area contributed by atoms with E-state index < -0.39 is 0 Å². The van der Waals surface area contributed by atoms with Crippen molar-refractivity contribution in [1.29, 1.82) is 0 Å². The predicted molar refractivity (Wildman–Crippen MR) is 114 cm³/mol. The first-order valence-corrected chi connectivity index (χ1v) is 11.3. The number of imide groups is 1. The summed E-state index contributed by atoms with van der Waals surface area (Å²) in [6, 6.07) is 7.23. The molecule has 1 aromatic carbocycles. The van der Waals surface area contributed by atoms with Crippen LogP contribution in [0.25, 0.3) is 0 Å². The molecule has 156 valence electrons. The Bertz CT molecular complexity index is 945. The van der Waals surface area contributed by atoms with Crippen LogP contribution in [-0.2, 0) is 14.4 Å². The Hall–Kier alpha value is -2.61. The van der Waals surface area contributed by atoms with Gasteiger partial charge in [-0.1, -0.05) is 36.0 Å². The first kappa shape index (κ1) is 19.4. The second kappa shape index (κ2) is 7.58. The largest absolute Gasteiger partial charge is 0.495 e. The summed E-state index contributed by atoms with van der Waals surface area (Å²) < 4.78 is 5.46. The molecule has 1 aromatic rings. The highest BCUT2D eigenvalue weighted by molar-refractivity contribution is 8.14. The van der Waals surface area contributed by atoms with E-state index in [1.54, 1.807) is 19.2 Å². The summed E-state index contributed by atoms with van der Waals surface area (Å²) in [6.07, 6.45) is 5.92. The zero-order valence-corrected chi connectivity index (χ0v) is 17.5. The number of benzene rings is 1. The number of carbonyl (C=O) groups excluding carboxylic acids is 3. The number of methoxy groups -OCH3 is 1. The number of thioether (sulfide) groups is 1. The summed E-state index contributed by atoms with van der Waals surface area (Å²) in [7, 11) is 1.55. The number of allylic oxidation sites excluding steroid dienone is 2. The smallest absolute Gasteiger partial charge is 0.253 e. The molecular weight excluding hydrogens is 402 g/mol. The lowest BCUT2D eigenvalue weighted by Gasteiger charge is -2.28. The van der Waals surface area contributed by atoms with E-state index in [0.29, 0.717) is 23.1 Å². The van der Waals surface area contributed by atoms with Gasteiger partial charge >= 0.3 is 0 Å². The van der Waals surface area contributed by atoms with Gasteiger partial charge in [0.15, 0.2) is 5.17 Å². The molecule has 4 aliphatic rings. The van der Waals surface area contributed by atoms with Gasteiger partial charge in [0.2, 0.25) is 11.8 Å².